The number of amides is 1. The first kappa shape index (κ1) is 14.7. The van der Waals surface area contributed by atoms with Gasteiger partial charge < -0.3 is 15.2 Å². The minimum Gasteiger partial charge on any atom is -0.394 e. The van der Waals surface area contributed by atoms with Crippen molar-refractivity contribution in [3.8, 4) is 0 Å². The molecule has 1 aromatic carbocycles. The first-order valence-corrected chi connectivity index (χ1v) is 7.29. The number of ether oxygens (including phenoxy) is 1. The first-order valence-electron chi connectivity index (χ1n) is 7.29. The second-order valence-electron chi connectivity index (χ2n) is 5.33. The molecule has 1 aromatic heterocycles. The van der Waals surface area contributed by atoms with Gasteiger partial charge in [0.2, 0.25) is 0 Å². The molecule has 1 amide bonds. The molecule has 0 spiro atoms. The van der Waals surface area contributed by atoms with Crippen LogP contribution in [0.1, 0.15) is 33.2 Å². The molecular weight excluding hydrogens is 282 g/mol. The molecule has 1 atom stereocenters. The van der Waals surface area contributed by atoms with Crippen LogP contribution in [0.2, 0.25) is 0 Å². The molecule has 2 heterocycles. The van der Waals surface area contributed by atoms with Gasteiger partial charge in [-0.2, -0.15) is 5.10 Å². The Morgan fingerprint density at radius 2 is 2.36 bits per heavy atom. The van der Waals surface area contributed by atoms with Crippen molar-refractivity contribution in [1.82, 2.24) is 15.1 Å². The summed E-state index contributed by atoms with van der Waals surface area (Å²) in [5, 5.41) is 16.5. The van der Waals surface area contributed by atoms with Gasteiger partial charge in [0.05, 0.1) is 31.6 Å². The van der Waals surface area contributed by atoms with Crippen molar-refractivity contribution in [2.24, 2.45) is 7.05 Å². The molecule has 0 unspecified atom stereocenters. The highest BCUT2D eigenvalue weighted by Crippen LogP contribution is 2.22. The summed E-state index contributed by atoms with van der Waals surface area (Å²) in [4.78, 5) is 12.6. The lowest BCUT2D eigenvalue weighted by molar-refractivity contribution is 0.0903. The number of nitrogens with one attached hydrogen (secondary N) is 1. The molecule has 2 aromatic rings. The van der Waals surface area contributed by atoms with Gasteiger partial charge in [0, 0.05) is 18.8 Å². The van der Waals surface area contributed by atoms with Crippen molar-refractivity contribution in [1.29, 1.82) is 0 Å². The summed E-state index contributed by atoms with van der Waals surface area (Å²) in [6.45, 7) is 0.994. The molecule has 0 aliphatic carbocycles. The fourth-order valence-electron chi connectivity index (χ4n) is 2.81. The second kappa shape index (κ2) is 6.29. The van der Waals surface area contributed by atoms with E-state index in [9.17, 15) is 9.90 Å². The third-order valence-corrected chi connectivity index (χ3v) is 3.98. The van der Waals surface area contributed by atoms with Crippen LogP contribution in [0.25, 0.3) is 0 Å². The maximum absolute atomic E-state index is 12.6. The van der Waals surface area contributed by atoms with E-state index in [1.807, 2.05) is 18.2 Å². The standard InChI is InChI=1S/C16H19N3O3/c1-19-15(5-7-17-19)14(9-20)18-16(21)13-4-2-3-11-10-22-8-6-12(11)13/h2-5,7,14,20H,6,8-10H2,1H3,(H,18,21)/t14-/m0/s1. The van der Waals surface area contributed by atoms with Gasteiger partial charge >= 0.3 is 0 Å². The van der Waals surface area contributed by atoms with Gasteiger partial charge in [0.25, 0.3) is 5.91 Å². The van der Waals surface area contributed by atoms with Crippen LogP contribution in [-0.4, -0.2) is 34.0 Å². The number of hydrogen-bond donors (Lipinski definition) is 2. The van der Waals surface area contributed by atoms with Crippen LogP contribution in [0, 0.1) is 0 Å². The van der Waals surface area contributed by atoms with Gasteiger partial charge in [-0.3, -0.25) is 9.48 Å². The SMILES string of the molecule is Cn1nccc1[C@H](CO)NC(=O)c1cccc2c1CCOC2. The fourth-order valence-corrected chi connectivity index (χ4v) is 2.81. The van der Waals surface area contributed by atoms with E-state index in [1.165, 1.54) is 0 Å². The van der Waals surface area contributed by atoms with Gasteiger partial charge in [-0.1, -0.05) is 12.1 Å². The van der Waals surface area contributed by atoms with Gasteiger partial charge in [-0.25, -0.2) is 0 Å². The summed E-state index contributed by atoms with van der Waals surface area (Å²) in [6, 6.07) is 6.97. The molecule has 2 N–H and O–H groups in total. The Labute approximate surface area is 128 Å². The summed E-state index contributed by atoms with van der Waals surface area (Å²) in [6.07, 6.45) is 2.38. The van der Waals surface area contributed by atoms with Crippen molar-refractivity contribution < 1.29 is 14.6 Å². The Bertz CT molecular complexity index is 681. The topological polar surface area (TPSA) is 76.4 Å². The van der Waals surface area contributed by atoms with Crippen LogP contribution < -0.4 is 5.32 Å². The molecule has 3 rings (SSSR count). The lowest BCUT2D eigenvalue weighted by atomic mass is 9.96. The average Bonchev–Trinajstić information content (AvgIpc) is 2.97. The lowest BCUT2D eigenvalue weighted by Gasteiger charge is -2.21. The van der Waals surface area contributed by atoms with Crippen LogP contribution in [0.4, 0.5) is 0 Å². The average molecular weight is 301 g/mol. The number of aryl methyl sites for hydroxylation is 1. The largest absolute Gasteiger partial charge is 0.394 e. The quantitative estimate of drug-likeness (QED) is 0.882. The van der Waals surface area contributed by atoms with E-state index < -0.39 is 6.04 Å². The minimum atomic E-state index is -0.476. The molecule has 6 heteroatoms. The number of aliphatic hydroxyl groups excluding tert-OH is 1. The van der Waals surface area contributed by atoms with Crippen molar-refractivity contribution in [3.05, 3.63) is 52.8 Å². The zero-order chi connectivity index (χ0) is 15.5. The number of fused-ring (bicyclic) bond motifs is 1. The normalized spacial score (nSPS) is 15.2. The predicted molar refractivity (Wildman–Crippen MR) is 80.3 cm³/mol. The number of aliphatic hydroxyl groups is 1. The van der Waals surface area contributed by atoms with E-state index in [0.29, 0.717) is 18.8 Å². The smallest absolute Gasteiger partial charge is 0.252 e. The number of benzene rings is 1. The summed E-state index contributed by atoms with van der Waals surface area (Å²) >= 11 is 0. The highest BCUT2D eigenvalue weighted by Gasteiger charge is 2.21. The molecule has 116 valence electrons. The maximum Gasteiger partial charge on any atom is 0.252 e. The molecule has 6 nitrogen and oxygen atoms in total. The minimum absolute atomic E-state index is 0.177. The summed E-state index contributed by atoms with van der Waals surface area (Å²) in [7, 11) is 1.78. The predicted octanol–water partition coefficient (Wildman–Crippen LogP) is 0.956. The zero-order valence-electron chi connectivity index (χ0n) is 12.5. The van der Waals surface area contributed by atoms with Gasteiger partial charge in [-0.05, 0) is 29.7 Å². The van der Waals surface area contributed by atoms with Crippen molar-refractivity contribution in [2.45, 2.75) is 19.1 Å². The molecular formula is C16H19N3O3. The summed E-state index contributed by atoms with van der Waals surface area (Å²) in [5.74, 6) is -0.181. The van der Waals surface area contributed by atoms with Crippen LogP contribution in [0.3, 0.4) is 0 Å². The Morgan fingerprint density at radius 1 is 1.50 bits per heavy atom. The molecule has 0 fully saturated rings. The number of carbonyl (C=O) groups excluding carboxylic acids is 1. The van der Waals surface area contributed by atoms with Gasteiger partial charge in [-0.15, -0.1) is 0 Å². The van der Waals surface area contributed by atoms with E-state index in [1.54, 1.807) is 24.0 Å². The Kier molecular flexibility index (Phi) is 4.22. The van der Waals surface area contributed by atoms with Crippen molar-refractivity contribution in [2.75, 3.05) is 13.2 Å². The third-order valence-electron chi connectivity index (χ3n) is 3.98. The molecule has 0 saturated carbocycles. The molecule has 0 saturated heterocycles. The number of rotatable bonds is 4. The van der Waals surface area contributed by atoms with E-state index in [-0.39, 0.29) is 12.5 Å². The summed E-state index contributed by atoms with van der Waals surface area (Å²) < 4.78 is 7.07. The molecule has 0 bridgehead atoms. The van der Waals surface area contributed by atoms with Crippen LogP contribution in [0.15, 0.2) is 30.5 Å². The van der Waals surface area contributed by atoms with Crippen LogP contribution >= 0.6 is 0 Å². The number of aromatic nitrogens is 2. The van der Waals surface area contributed by atoms with E-state index in [4.69, 9.17) is 4.74 Å². The number of nitrogens with zero attached hydrogens (tertiary/aromatic N) is 2. The Balaban J connectivity index is 1.84. The van der Waals surface area contributed by atoms with E-state index >= 15 is 0 Å². The zero-order valence-corrected chi connectivity index (χ0v) is 12.5. The Hall–Kier alpha value is -2.18. The lowest BCUT2D eigenvalue weighted by Crippen LogP contribution is -2.33. The van der Waals surface area contributed by atoms with Gasteiger partial charge in [0.1, 0.15) is 0 Å². The molecule has 1 aliphatic rings. The molecule has 1 aliphatic heterocycles. The highest BCUT2D eigenvalue weighted by atomic mass is 16.5. The molecule has 22 heavy (non-hydrogen) atoms. The second-order valence-corrected chi connectivity index (χ2v) is 5.33. The number of carbonyl (C=O) groups is 1. The number of hydrogen-bond acceptors (Lipinski definition) is 4. The van der Waals surface area contributed by atoms with Crippen molar-refractivity contribution >= 4 is 5.91 Å². The Morgan fingerprint density at radius 3 is 3.09 bits per heavy atom. The summed E-state index contributed by atoms with van der Waals surface area (Å²) in [5.41, 5.74) is 3.51. The monoisotopic (exact) mass is 301 g/mol. The van der Waals surface area contributed by atoms with E-state index in [0.717, 1.165) is 23.2 Å². The van der Waals surface area contributed by atoms with Gasteiger partial charge in [0.15, 0.2) is 0 Å². The fraction of sp³-hybridized carbons (Fsp3) is 0.375. The first-order chi connectivity index (χ1) is 10.7. The van der Waals surface area contributed by atoms with E-state index in [2.05, 4.69) is 10.4 Å². The maximum atomic E-state index is 12.6. The van der Waals surface area contributed by atoms with Crippen molar-refractivity contribution in [3.63, 3.8) is 0 Å². The van der Waals surface area contributed by atoms with Crippen LogP contribution in [-0.2, 0) is 24.8 Å². The highest BCUT2D eigenvalue weighted by molar-refractivity contribution is 5.96. The van der Waals surface area contributed by atoms with Crippen LogP contribution in [0.5, 0.6) is 0 Å². The molecule has 0 radical (unpaired) electrons. The third kappa shape index (κ3) is 2.75.